The van der Waals surface area contributed by atoms with Gasteiger partial charge in [0.2, 0.25) is 0 Å². The normalized spacial score (nSPS) is 19.3. The van der Waals surface area contributed by atoms with Crippen molar-refractivity contribution >= 4 is 21.7 Å². The van der Waals surface area contributed by atoms with Gasteiger partial charge < -0.3 is 0 Å². The quantitative estimate of drug-likeness (QED) is 0.833. The lowest BCUT2D eigenvalue weighted by Gasteiger charge is -2.36. The molecule has 1 fully saturated rings. The fourth-order valence-electron chi connectivity index (χ4n) is 2.67. The van der Waals surface area contributed by atoms with Crippen molar-refractivity contribution in [1.29, 1.82) is 0 Å². The molecule has 1 atom stereocenters. The molecule has 1 saturated heterocycles. The molecule has 1 aliphatic rings. The Bertz CT molecular complexity index is 440. The third-order valence-corrected chi connectivity index (χ3v) is 4.69. The van der Waals surface area contributed by atoms with Crippen LogP contribution in [0, 0.1) is 0 Å². The number of likely N-dealkylation sites (tertiary alicyclic amines) is 1. The number of carbonyl (C=O) groups is 1. The number of Topliss-reactive ketones (excluding diaryl/α,β-unsaturated/α-hetero) is 1. The number of carbonyl (C=O) groups excluding carboxylic acids is 1. The first kappa shape index (κ1) is 14.7. The van der Waals surface area contributed by atoms with Crippen molar-refractivity contribution in [3.8, 4) is 0 Å². The fraction of sp³-hybridized carbons (Fsp3) is 0.600. The van der Waals surface area contributed by atoms with Crippen molar-refractivity contribution in [3.05, 3.63) is 28.5 Å². The molecule has 1 aliphatic heterocycles. The number of ketones is 1. The minimum Gasteiger partial charge on any atom is -0.297 e. The molecule has 1 aromatic rings. The van der Waals surface area contributed by atoms with E-state index in [9.17, 15) is 4.79 Å². The molecular formula is C15H21BrN2O. The van der Waals surface area contributed by atoms with Gasteiger partial charge in [-0.1, -0.05) is 6.92 Å². The Balaban J connectivity index is 2.10. The van der Waals surface area contributed by atoms with Gasteiger partial charge >= 0.3 is 0 Å². The van der Waals surface area contributed by atoms with Crippen molar-refractivity contribution in [2.75, 3.05) is 13.1 Å². The molecule has 3 nitrogen and oxygen atoms in total. The smallest absolute Gasteiger partial charge is 0.158 e. The van der Waals surface area contributed by atoms with Crippen LogP contribution in [0.15, 0.2) is 22.8 Å². The van der Waals surface area contributed by atoms with E-state index in [0.717, 1.165) is 29.7 Å². The molecule has 0 spiro atoms. The van der Waals surface area contributed by atoms with Gasteiger partial charge in [0.1, 0.15) is 0 Å². The zero-order valence-electron chi connectivity index (χ0n) is 11.7. The fourth-order valence-corrected chi connectivity index (χ4v) is 2.91. The highest BCUT2D eigenvalue weighted by atomic mass is 79.9. The summed E-state index contributed by atoms with van der Waals surface area (Å²) in [6.45, 7) is 6.28. The van der Waals surface area contributed by atoms with Gasteiger partial charge in [-0.25, -0.2) is 0 Å². The molecule has 4 heteroatoms. The molecule has 0 aromatic carbocycles. The lowest BCUT2D eigenvalue weighted by molar-refractivity contribution is -0.129. The number of halogens is 1. The van der Waals surface area contributed by atoms with E-state index in [1.165, 1.54) is 12.8 Å². The van der Waals surface area contributed by atoms with E-state index >= 15 is 0 Å². The van der Waals surface area contributed by atoms with E-state index in [1.54, 1.807) is 6.20 Å². The third-order valence-electron chi connectivity index (χ3n) is 4.22. The van der Waals surface area contributed by atoms with Gasteiger partial charge in [0.25, 0.3) is 0 Å². The average molecular weight is 325 g/mol. The standard InChI is InChI=1S/C15H21BrN2O/c1-3-15(2,18-8-4-5-9-18)14(19)10-13-7-6-12(16)11-17-13/h6-7,11H,3-5,8-10H2,1-2H3. The summed E-state index contributed by atoms with van der Waals surface area (Å²) in [5.74, 6) is 0.284. The van der Waals surface area contributed by atoms with Gasteiger partial charge in [0.15, 0.2) is 5.78 Å². The highest BCUT2D eigenvalue weighted by molar-refractivity contribution is 9.10. The first-order valence-electron chi connectivity index (χ1n) is 6.95. The second kappa shape index (κ2) is 6.14. The minimum atomic E-state index is -0.328. The lowest BCUT2D eigenvalue weighted by Crippen LogP contribution is -2.51. The van der Waals surface area contributed by atoms with E-state index < -0.39 is 0 Å². The summed E-state index contributed by atoms with van der Waals surface area (Å²) in [6, 6.07) is 3.86. The van der Waals surface area contributed by atoms with Crippen LogP contribution in [-0.4, -0.2) is 34.3 Å². The topological polar surface area (TPSA) is 33.2 Å². The van der Waals surface area contributed by atoms with Crippen molar-refractivity contribution in [2.45, 2.75) is 45.1 Å². The number of aromatic nitrogens is 1. The average Bonchev–Trinajstić information content (AvgIpc) is 2.95. The molecule has 0 aliphatic carbocycles. The molecule has 2 heterocycles. The van der Waals surface area contributed by atoms with Gasteiger partial charge in [-0.2, -0.15) is 0 Å². The molecule has 19 heavy (non-hydrogen) atoms. The Morgan fingerprint density at radius 2 is 2.11 bits per heavy atom. The van der Waals surface area contributed by atoms with Gasteiger partial charge in [-0.05, 0) is 67.3 Å². The molecule has 0 N–H and O–H groups in total. The SMILES string of the molecule is CCC(C)(C(=O)Cc1ccc(Br)cn1)N1CCCC1. The molecule has 0 saturated carbocycles. The largest absolute Gasteiger partial charge is 0.297 e. The summed E-state index contributed by atoms with van der Waals surface area (Å²) in [4.78, 5) is 19.3. The van der Waals surface area contributed by atoms with Crippen LogP contribution in [-0.2, 0) is 11.2 Å². The predicted octanol–water partition coefficient (Wildman–Crippen LogP) is 3.22. The van der Waals surface area contributed by atoms with E-state index in [1.807, 2.05) is 12.1 Å². The van der Waals surface area contributed by atoms with Crippen LogP contribution in [0.25, 0.3) is 0 Å². The highest BCUT2D eigenvalue weighted by Gasteiger charge is 2.38. The lowest BCUT2D eigenvalue weighted by atomic mass is 9.88. The molecule has 1 unspecified atom stereocenters. The van der Waals surface area contributed by atoms with Crippen LogP contribution in [0.2, 0.25) is 0 Å². The van der Waals surface area contributed by atoms with Gasteiger partial charge in [-0.15, -0.1) is 0 Å². The Kier molecular flexibility index (Phi) is 4.74. The minimum absolute atomic E-state index is 0.284. The van der Waals surface area contributed by atoms with Crippen LogP contribution in [0.5, 0.6) is 0 Å². The Hall–Kier alpha value is -0.740. The Morgan fingerprint density at radius 3 is 2.63 bits per heavy atom. The molecule has 0 amide bonds. The summed E-state index contributed by atoms with van der Waals surface area (Å²) in [7, 11) is 0. The number of hydrogen-bond donors (Lipinski definition) is 0. The van der Waals surface area contributed by atoms with Gasteiger partial charge in [-0.3, -0.25) is 14.7 Å². The summed E-state index contributed by atoms with van der Waals surface area (Å²) < 4.78 is 0.946. The van der Waals surface area contributed by atoms with E-state index in [-0.39, 0.29) is 11.3 Å². The molecule has 0 bridgehead atoms. The Labute approximate surface area is 123 Å². The molecule has 2 rings (SSSR count). The highest BCUT2D eigenvalue weighted by Crippen LogP contribution is 2.26. The summed E-state index contributed by atoms with van der Waals surface area (Å²) in [5.41, 5.74) is 0.526. The predicted molar refractivity (Wildman–Crippen MR) is 80.2 cm³/mol. The maximum Gasteiger partial charge on any atom is 0.158 e. The van der Waals surface area contributed by atoms with Crippen molar-refractivity contribution in [2.24, 2.45) is 0 Å². The molecule has 1 aromatic heterocycles. The van der Waals surface area contributed by atoms with Gasteiger partial charge in [0, 0.05) is 16.4 Å². The van der Waals surface area contributed by atoms with Crippen LogP contribution in [0.1, 0.15) is 38.8 Å². The number of rotatable bonds is 5. The van der Waals surface area contributed by atoms with Crippen molar-refractivity contribution in [3.63, 3.8) is 0 Å². The molecule has 0 radical (unpaired) electrons. The van der Waals surface area contributed by atoms with Crippen LogP contribution < -0.4 is 0 Å². The summed E-state index contributed by atoms with van der Waals surface area (Å²) in [6.07, 6.45) is 5.46. The zero-order valence-corrected chi connectivity index (χ0v) is 13.2. The van der Waals surface area contributed by atoms with E-state index in [4.69, 9.17) is 0 Å². The van der Waals surface area contributed by atoms with Crippen LogP contribution in [0.4, 0.5) is 0 Å². The number of nitrogens with zero attached hydrogens (tertiary/aromatic N) is 2. The second-order valence-corrected chi connectivity index (χ2v) is 6.30. The summed E-state index contributed by atoms with van der Waals surface area (Å²) >= 11 is 3.36. The maximum absolute atomic E-state index is 12.6. The van der Waals surface area contributed by atoms with Crippen LogP contribution >= 0.6 is 15.9 Å². The van der Waals surface area contributed by atoms with Crippen LogP contribution in [0.3, 0.4) is 0 Å². The first-order valence-corrected chi connectivity index (χ1v) is 7.74. The second-order valence-electron chi connectivity index (χ2n) is 5.39. The maximum atomic E-state index is 12.6. The monoisotopic (exact) mass is 324 g/mol. The molecular weight excluding hydrogens is 304 g/mol. The Morgan fingerprint density at radius 1 is 1.42 bits per heavy atom. The van der Waals surface area contributed by atoms with E-state index in [2.05, 4.69) is 39.7 Å². The van der Waals surface area contributed by atoms with Crippen molar-refractivity contribution in [1.82, 2.24) is 9.88 Å². The van der Waals surface area contributed by atoms with Crippen molar-refractivity contribution < 1.29 is 4.79 Å². The van der Waals surface area contributed by atoms with E-state index in [0.29, 0.717) is 6.42 Å². The zero-order chi connectivity index (χ0) is 13.9. The first-order chi connectivity index (χ1) is 9.06. The van der Waals surface area contributed by atoms with Gasteiger partial charge in [0.05, 0.1) is 12.0 Å². The number of pyridine rings is 1. The summed E-state index contributed by atoms with van der Waals surface area (Å²) in [5, 5.41) is 0. The number of hydrogen-bond acceptors (Lipinski definition) is 3. The molecule has 104 valence electrons. The third kappa shape index (κ3) is 3.23.